The lowest BCUT2D eigenvalue weighted by atomic mass is 10.1. The Labute approximate surface area is 179 Å². The molecule has 1 aromatic rings. The van der Waals surface area contributed by atoms with Crippen molar-refractivity contribution >= 4 is 41.7 Å². The lowest BCUT2D eigenvalue weighted by Gasteiger charge is -2.35. The molecule has 1 aromatic carbocycles. The van der Waals surface area contributed by atoms with Gasteiger partial charge in [-0.3, -0.25) is 4.99 Å². The van der Waals surface area contributed by atoms with Crippen molar-refractivity contribution in [1.82, 2.24) is 15.1 Å². The van der Waals surface area contributed by atoms with Crippen LogP contribution in [0.2, 0.25) is 0 Å². The van der Waals surface area contributed by atoms with Gasteiger partial charge in [-0.15, -0.1) is 24.0 Å². The molecule has 1 aliphatic heterocycles. The van der Waals surface area contributed by atoms with Crippen LogP contribution in [-0.2, 0) is 11.2 Å². The highest BCUT2D eigenvalue weighted by atomic mass is 127. The van der Waals surface area contributed by atoms with Crippen molar-refractivity contribution in [3.8, 4) is 0 Å². The Morgan fingerprint density at radius 1 is 1.15 bits per heavy atom. The van der Waals surface area contributed by atoms with Gasteiger partial charge in [-0.1, -0.05) is 12.1 Å². The number of anilines is 1. The van der Waals surface area contributed by atoms with Gasteiger partial charge in [0, 0.05) is 59.6 Å². The standard InChI is InChI=1S/C19H31N5O2.HI/c1-5-26-19(25)24-14-12-23(13-15-24)18(20-2)21-11-10-16-6-8-17(9-7-16)22(3)4;/h6-9H,5,10-15H2,1-4H3,(H,20,21);1H. The molecule has 0 aromatic heterocycles. The summed E-state index contributed by atoms with van der Waals surface area (Å²) in [5.74, 6) is 0.887. The number of hydrogen-bond acceptors (Lipinski definition) is 4. The van der Waals surface area contributed by atoms with Crippen molar-refractivity contribution in [3.05, 3.63) is 29.8 Å². The average Bonchev–Trinajstić information content (AvgIpc) is 2.66. The van der Waals surface area contributed by atoms with Crippen LogP contribution in [0.4, 0.5) is 10.5 Å². The number of ether oxygens (including phenoxy) is 1. The van der Waals surface area contributed by atoms with Gasteiger partial charge in [-0.05, 0) is 31.0 Å². The number of nitrogens with zero attached hydrogens (tertiary/aromatic N) is 4. The third kappa shape index (κ3) is 7.08. The first-order chi connectivity index (χ1) is 12.5. The molecule has 1 saturated heterocycles. The minimum absolute atomic E-state index is 0. The maximum Gasteiger partial charge on any atom is 0.409 e. The van der Waals surface area contributed by atoms with Gasteiger partial charge in [0.15, 0.2) is 5.96 Å². The minimum Gasteiger partial charge on any atom is -0.450 e. The first-order valence-corrected chi connectivity index (χ1v) is 9.18. The number of carbonyl (C=O) groups excluding carboxylic acids is 1. The van der Waals surface area contributed by atoms with E-state index < -0.39 is 0 Å². The first kappa shape index (κ1) is 23.3. The van der Waals surface area contributed by atoms with E-state index in [0.717, 1.165) is 32.0 Å². The fraction of sp³-hybridized carbons (Fsp3) is 0.579. The summed E-state index contributed by atoms with van der Waals surface area (Å²) in [6.07, 6.45) is 0.714. The normalized spacial score (nSPS) is 14.4. The van der Waals surface area contributed by atoms with E-state index in [-0.39, 0.29) is 30.1 Å². The van der Waals surface area contributed by atoms with Crippen LogP contribution in [0.15, 0.2) is 29.3 Å². The summed E-state index contributed by atoms with van der Waals surface area (Å²) in [5.41, 5.74) is 2.50. The zero-order valence-electron chi connectivity index (χ0n) is 16.8. The van der Waals surface area contributed by atoms with Crippen molar-refractivity contribution in [1.29, 1.82) is 0 Å². The molecular weight excluding hydrogens is 457 g/mol. The maximum atomic E-state index is 11.8. The Hall–Kier alpha value is -1.71. The predicted molar refractivity (Wildman–Crippen MR) is 121 cm³/mol. The summed E-state index contributed by atoms with van der Waals surface area (Å²) in [7, 11) is 5.89. The highest BCUT2D eigenvalue weighted by molar-refractivity contribution is 14.0. The van der Waals surface area contributed by atoms with Gasteiger partial charge < -0.3 is 24.8 Å². The molecule has 2 rings (SSSR count). The van der Waals surface area contributed by atoms with E-state index >= 15 is 0 Å². The Balaban J connectivity index is 0.00000364. The fourth-order valence-corrected chi connectivity index (χ4v) is 2.93. The second kappa shape index (κ2) is 11.9. The molecule has 1 N–H and O–H groups in total. The van der Waals surface area contributed by atoms with Gasteiger partial charge in [0.2, 0.25) is 0 Å². The summed E-state index contributed by atoms with van der Waals surface area (Å²) >= 11 is 0. The Kier molecular flexibility index (Phi) is 10.3. The van der Waals surface area contributed by atoms with Crippen LogP contribution in [0.25, 0.3) is 0 Å². The van der Waals surface area contributed by atoms with Gasteiger partial charge >= 0.3 is 6.09 Å². The molecule has 1 amide bonds. The number of guanidine groups is 1. The van der Waals surface area contributed by atoms with Gasteiger partial charge in [0.1, 0.15) is 0 Å². The zero-order valence-corrected chi connectivity index (χ0v) is 19.1. The van der Waals surface area contributed by atoms with E-state index in [1.165, 1.54) is 11.3 Å². The summed E-state index contributed by atoms with van der Waals surface area (Å²) in [6.45, 7) is 5.90. The second-order valence-corrected chi connectivity index (χ2v) is 6.46. The van der Waals surface area contributed by atoms with Gasteiger partial charge in [0.25, 0.3) is 0 Å². The first-order valence-electron chi connectivity index (χ1n) is 9.18. The summed E-state index contributed by atoms with van der Waals surface area (Å²) in [4.78, 5) is 22.2. The molecule has 1 aliphatic rings. The highest BCUT2D eigenvalue weighted by Crippen LogP contribution is 2.12. The Bertz CT molecular complexity index is 599. The van der Waals surface area contributed by atoms with E-state index in [0.29, 0.717) is 19.7 Å². The zero-order chi connectivity index (χ0) is 18.9. The molecule has 1 heterocycles. The van der Waals surface area contributed by atoms with E-state index in [1.54, 1.807) is 11.9 Å². The number of carbonyl (C=O) groups is 1. The molecule has 27 heavy (non-hydrogen) atoms. The van der Waals surface area contributed by atoms with Crippen molar-refractivity contribution in [3.63, 3.8) is 0 Å². The van der Waals surface area contributed by atoms with Crippen LogP contribution in [0.3, 0.4) is 0 Å². The lowest BCUT2D eigenvalue weighted by molar-refractivity contribution is 0.0915. The molecule has 0 aliphatic carbocycles. The van der Waals surface area contributed by atoms with E-state index in [2.05, 4.69) is 44.4 Å². The summed E-state index contributed by atoms with van der Waals surface area (Å²) in [6, 6.07) is 8.60. The second-order valence-electron chi connectivity index (χ2n) is 6.46. The fourth-order valence-electron chi connectivity index (χ4n) is 2.93. The Morgan fingerprint density at radius 3 is 2.26 bits per heavy atom. The van der Waals surface area contributed by atoms with Crippen LogP contribution < -0.4 is 10.2 Å². The van der Waals surface area contributed by atoms with Crippen LogP contribution >= 0.6 is 24.0 Å². The van der Waals surface area contributed by atoms with Crippen molar-refractivity contribution in [2.75, 3.05) is 65.4 Å². The number of rotatable bonds is 5. The summed E-state index contributed by atoms with van der Waals surface area (Å²) < 4.78 is 5.06. The maximum absolute atomic E-state index is 11.8. The average molecular weight is 489 g/mol. The number of nitrogens with one attached hydrogen (secondary N) is 1. The monoisotopic (exact) mass is 489 g/mol. The molecular formula is C19H32IN5O2. The lowest BCUT2D eigenvalue weighted by Crippen LogP contribution is -2.54. The smallest absolute Gasteiger partial charge is 0.409 e. The quantitative estimate of drug-likeness (QED) is 0.391. The van der Waals surface area contributed by atoms with Crippen LogP contribution in [0, 0.1) is 0 Å². The largest absolute Gasteiger partial charge is 0.450 e. The van der Waals surface area contributed by atoms with Crippen molar-refractivity contribution in [2.24, 2.45) is 4.99 Å². The molecule has 152 valence electrons. The van der Waals surface area contributed by atoms with Gasteiger partial charge in [-0.2, -0.15) is 0 Å². The van der Waals surface area contributed by atoms with Gasteiger partial charge in [0.05, 0.1) is 6.61 Å². The van der Waals surface area contributed by atoms with Crippen LogP contribution in [0.1, 0.15) is 12.5 Å². The van der Waals surface area contributed by atoms with Gasteiger partial charge in [-0.25, -0.2) is 4.79 Å². The number of hydrogen-bond donors (Lipinski definition) is 1. The topological polar surface area (TPSA) is 60.4 Å². The molecule has 8 heteroatoms. The molecule has 7 nitrogen and oxygen atoms in total. The molecule has 0 radical (unpaired) electrons. The number of amides is 1. The number of piperazine rings is 1. The predicted octanol–water partition coefficient (Wildman–Crippen LogP) is 2.26. The molecule has 0 unspecified atom stereocenters. The molecule has 0 spiro atoms. The molecule has 0 saturated carbocycles. The summed E-state index contributed by atoms with van der Waals surface area (Å²) in [5, 5.41) is 3.43. The van der Waals surface area contributed by atoms with Crippen LogP contribution in [0.5, 0.6) is 0 Å². The highest BCUT2D eigenvalue weighted by Gasteiger charge is 2.23. The van der Waals surface area contributed by atoms with Crippen molar-refractivity contribution < 1.29 is 9.53 Å². The SMILES string of the molecule is CCOC(=O)N1CCN(C(=NC)NCCc2ccc(N(C)C)cc2)CC1.I. The number of halogens is 1. The van der Waals surface area contributed by atoms with Crippen molar-refractivity contribution in [2.45, 2.75) is 13.3 Å². The third-order valence-corrected chi connectivity index (χ3v) is 4.47. The molecule has 0 atom stereocenters. The Morgan fingerprint density at radius 2 is 1.74 bits per heavy atom. The number of benzene rings is 1. The number of aliphatic imine (C=N–C) groups is 1. The minimum atomic E-state index is -0.226. The molecule has 1 fully saturated rings. The third-order valence-electron chi connectivity index (χ3n) is 4.47. The molecule has 0 bridgehead atoms. The van der Waals surface area contributed by atoms with E-state index in [9.17, 15) is 4.79 Å². The van der Waals surface area contributed by atoms with Crippen LogP contribution in [-0.4, -0.2) is 82.3 Å². The van der Waals surface area contributed by atoms with E-state index in [1.807, 2.05) is 21.0 Å². The van der Waals surface area contributed by atoms with E-state index in [4.69, 9.17) is 4.74 Å².